The zero-order valence-electron chi connectivity index (χ0n) is 18.0. The Balaban J connectivity index is 1.60. The van der Waals surface area contributed by atoms with E-state index in [-0.39, 0.29) is 23.5 Å². The molecule has 0 aliphatic carbocycles. The number of para-hydroxylation sites is 1. The fourth-order valence-corrected chi connectivity index (χ4v) is 3.34. The average molecular weight is 443 g/mol. The van der Waals surface area contributed by atoms with E-state index in [1.807, 2.05) is 6.07 Å². The maximum atomic E-state index is 12.5. The van der Waals surface area contributed by atoms with Crippen LogP contribution in [0.1, 0.15) is 41.6 Å². The topological polar surface area (TPSA) is 97.3 Å². The summed E-state index contributed by atoms with van der Waals surface area (Å²) in [6.45, 7) is 2.68. The quantitative estimate of drug-likeness (QED) is 0.473. The molecular weight excluding hydrogens is 422 g/mol. The normalized spacial score (nSPS) is 14.8. The van der Waals surface area contributed by atoms with Gasteiger partial charge in [-0.3, -0.25) is 14.4 Å². The largest absolute Gasteiger partial charge is 0.446 e. The highest BCUT2D eigenvalue weighted by Gasteiger charge is 2.34. The Morgan fingerprint density at radius 1 is 0.939 bits per heavy atom. The number of carbonyl (C=O) groups excluding carboxylic acids is 3. The molecule has 8 heteroatoms. The standard InChI is InChI=1S/C25H21N3O5/c1-16(29)28-25(33-24(27-28)21-13-6-7-14-22(21)32-17(2)30)19-11-8-12-20(15-19)26-23(31)18-9-4-3-5-10-18/h3-15,25H,1-2H3,(H,26,31)/t25-/m1/s1. The Labute approximate surface area is 190 Å². The van der Waals surface area contributed by atoms with E-state index in [1.54, 1.807) is 72.8 Å². The van der Waals surface area contributed by atoms with Crippen molar-refractivity contribution in [3.63, 3.8) is 0 Å². The van der Waals surface area contributed by atoms with Crippen LogP contribution in [0.3, 0.4) is 0 Å². The van der Waals surface area contributed by atoms with E-state index in [4.69, 9.17) is 9.47 Å². The number of hydrogen-bond acceptors (Lipinski definition) is 6. The third-order valence-corrected chi connectivity index (χ3v) is 4.80. The second kappa shape index (κ2) is 9.35. The highest BCUT2D eigenvalue weighted by atomic mass is 16.5. The van der Waals surface area contributed by atoms with E-state index in [9.17, 15) is 14.4 Å². The van der Waals surface area contributed by atoms with Gasteiger partial charge in [-0.2, -0.15) is 5.01 Å². The molecule has 0 fully saturated rings. The van der Waals surface area contributed by atoms with Crippen molar-refractivity contribution < 1.29 is 23.9 Å². The number of anilines is 1. The maximum absolute atomic E-state index is 12.5. The summed E-state index contributed by atoms with van der Waals surface area (Å²) < 4.78 is 11.3. The summed E-state index contributed by atoms with van der Waals surface area (Å²) in [7, 11) is 0. The van der Waals surface area contributed by atoms with Crippen LogP contribution in [0.4, 0.5) is 5.69 Å². The lowest BCUT2D eigenvalue weighted by Gasteiger charge is -2.20. The highest BCUT2D eigenvalue weighted by molar-refractivity contribution is 6.04. The van der Waals surface area contributed by atoms with Gasteiger partial charge in [-0.1, -0.05) is 42.5 Å². The number of benzene rings is 3. The van der Waals surface area contributed by atoms with Crippen molar-refractivity contribution in [2.24, 2.45) is 5.10 Å². The summed E-state index contributed by atoms with van der Waals surface area (Å²) in [6, 6.07) is 22.6. The van der Waals surface area contributed by atoms with Crippen LogP contribution in [0.2, 0.25) is 0 Å². The van der Waals surface area contributed by atoms with Crippen LogP contribution < -0.4 is 10.1 Å². The van der Waals surface area contributed by atoms with Crippen LogP contribution in [-0.4, -0.2) is 28.7 Å². The fraction of sp³-hybridized carbons (Fsp3) is 0.120. The van der Waals surface area contributed by atoms with E-state index in [0.29, 0.717) is 22.4 Å². The van der Waals surface area contributed by atoms with Gasteiger partial charge in [0.25, 0.3) is 5.91 Å². The van der Waals surface area contributed by atoms with E-state index in [0.717, 1.165) is 0 Å². The van der Waals surface area contributed by atoms with Crippen molar-refractivity contribution in [2.75, 3.05) is 5.32 Å². The average Bonchev–Trinajstić information content (AvgIpc) is 3.26. The molecule has 3 aromatic carbocycles. The summed E-state index contributed by atoms with van der Waals surface area (Å²) in [4.78, 5) is 36.3. The van der Waals surface area contributed by atoms with E-state index < -0.39 is 12.2 Å². The third-order valence-electron chi connectivity index (χ3n) is 4.80. The number of nitrogens with zero attached hydrogens (tertiary/aromatic N) is 2. The summed E-state index contributed by atoms with van der Waals surface area (Å²) >= 11 is 0. The first kappa shape index (κ1) is 21.8. The molecule has 0 radical (unpaired) electrons. The minimum atomic E-state index is -0.850. The monoisotopic (exact) mass is 443 g/mol. The molecule has 1 aliphatic rings. The molecule has 8 nitrogen and oxygen atoms in total. The van der Waals surface area contributed by atoms with Gasteiger partial charge in [0, 0.05) is 30.7 Å². The molecule has 0 bridgehead atoms. The first-order valence-electron chi connectivity index (χ1n) is 10.2. The number of esters is 1. The van der Waals surface area contributed by atoms with Gasteiger partial charge in [0.1, 0.15) is 5.75 Å². The molecule has 3 aromatic rings. The van der Waals surface area contributed by atoms with Crippen LogP contribution >= 0.6 is 0 Å². The smallest absolute Gasteiger partial charge is 0.308 e. The number of hydrogen-bond donors (Lipinski definition) is 1. The van der Waals surface area contributed by atoms with Gasteiger partial charge in [0.05, 0.1) is 5.56 Å². The van der Waals surface area contributed by atoms with Gasteiger partial charge in [0.2, 0.25) is 18.0 Å². The molecule has 33 heavy (non-hydrogen) atoms. The van der Waals surface area contributed by atoms with E-state index in [1.165, 1.54) is 18.9 Å². The SMILES string of the molecule is CC(=O)Oc1ccccc1C1=NN(C(C)=O)[C@@H](c2cccc(NC(=O)c3ccccc3)c2)O1. The molecule has 2 amide bonds. The van der Waals surface area contributed by atoms with Gasteiger partial charge in [-0.15, -0.1) is 5.10 Å². The first-order valence-corrected chi connectivity index (χ1v) is 10.2. The number of carbonyl (C=O) groups is 3. The first-order chi connectivity index (χ1) is 15.9. The maximum Gasteiger partial charge on any atom is 0.308 e. The number of hydrazone groups is 1. The zero-order chi connectivity index (χ0) is 23.4. The summed E-state index contributed by atoms with van der Waals surface area (Å²) in [5.41, 5.74) is 2.12. The van der Waals surface area contributed by atoms with Gasteiger partial charge in [0.15, 0.2) is 0 Å². The minimum absolute atomic E-state index is 0.144. The van der Waals surface area contributed by atoms with Crippen LogP contribution in [-0.2, 0) is 14.3 Å². The van der Waals surface area contributed by atoms with Crippen molar-refractivity contribution in [1.82, 2.24) is 5.01 Å². The number of nitrogens with one attached hydrogen (secondary N) is 1. The van der Waals surface area contributed by atoms with Crippen molar-refractivity contribution in [1.29, 1.82) is 0 Å². The fourth-order valence-electron chi connectivity index (χ4n) is 3.34. The minimum Gasteiger partial charge on any atom is -0.446 e. The van der Waals surface area contributed by atoms with Crippen LogP contribution in [0, 0.1) is 0 Å². The molecule has 1 heterocycles. The molecule has 4 rings (SSSR count). The molecule has 1 N–H and O–H groups in total. The Hall–Kier alpha value is -4.46. The molecule has 0 saturated heterocycles. The molecule has 0 saturated carbocycles. The second-order valence-corrected chi connectivity index (χ2v) is 7.27. The lowest BCUT2D eigenvalue weighted by molar-refractivity contribution is -0.135. The molecule has 0 unspecified atom stereocenters. The third kappa shape index (κ3) is 4.90. The predicted octanol–water partition coefficient (Wildman–Crippen LogP) is 4.10. The summed E-state index contributed by atoms with van der Waals surface area (Å²) in [6.07, 6.45) is -0.850. The Morgan fingerprint density at radius 2 is 1.67 bits per heavy atom. The van der Waals surface area contributed by atoms with Gasteiger partial charge in [-0.05, 0) is 36.4 Å². The van der Waals surface area contributed by atoms with Crippen LogP contribution in [0.25, 0.3) is 0 Å². The van der Waals surface area contributed by atoms with E-state index in [2.05, 4.69) is 10.4 Å². The van der Waals surface area contributed by atoms with Crippen LogP contribution in [0.15, 0.2) is 84.0 Å². The molecule has 1 atom stereocenters. The van der Waals surface area contributed by atoms with Gasteiger partial charge < -0.3 is 14.8 Å². The van der Waals surface area contributed by atoms with Crippen molar-refractivity contribution >= 4 is 29.4 Å². The summed E-state index contributed by atoms with van der Waals surface area (Å²) in [5.74, 6) is -0.653. The second-order valence-electron chi connectivity index (χ2n) is 7.27. The zero-order valence-corrected chi connectivity index (χ0v) is 18.0. The van der Waals surface area contributed by atoms with E-state index >= 15 is 0 Å². The molecular formula is C25H21N3O5. The predicted molar refractivity (Wildman–Crippen MR) is 121 cm³/mol. The summed E-state index contributed by atoms with van der Waals surface area (Å²) in [5, 5.41) is 8.37. The Kier molecular flexibility index (Phi) is 6.17. The molecule has 0 aromatic heterocycles. The van der Waals surface area contributed by atoms with Gasteiger partial charge in [-0.25, -0.2) is 0 Å². The number of ether oxygens (including phenoxy) is 2. The highest BCUT2D eigenvalue weighted by Crippen LogP contribution is 2.33. The molecule has 166 valence electrons. The Bertz CT molecular complexity index is 1240. The number of rotatable bonds is 5. The Morgan fingerprint density at radius 3 is 2.39 bits per heavy atom. The number of amides is 2. The lowest BCUT2D eigenvalue weighted by atomic mass is 10.1. The van der Waals surface area contributed by atoms with Crippen molar-refractivity contribution in [2.45, 2.75) is 20.1 Å². The van der Waals surface area contributed by atoms with Crippen molar-refractivity contribution in [3.05, 3.63) is 95.6 Å². The molecule has 1 aliphatic heterocycles. The van der Waals surface area contributed by atoms with Crippen molar-refractivity contribution in [3.8, 4) is 5.75 Å². The van der Waals surface area contributed by atoms with Gasteiger partial charge >= 0.3 is 5.97 Å². The van der Waals surface area contributed by atoms with Crippen LogP contribution in [0.5, 0.6) is 5.75 Å². The lowest BCUT2D eigenvalue weighted by Crippen LogP contribution is -2.25. The molecule has 0 spiro atoms.